The lowest BCUT2D eigenvalue weighted by molar-refractivity contribution is 0.409. The van der Waals surface area contributed by atoms with Crippen LogP contribution in [0.15, 0.2) is 18.3 Å². The minimum Gasteiger partial charge on any atom is -0.496 e. The van der Waals surface area contributed by atoms with Gasteiger partial charge >= 0.3 is 0 Å². The van der Waals surface area contributed by atoms with Gasteiger partial charge in [0.05, 0.1) is 12.8 Å². The van der Waals surface area contributed by atoms with Crippen LogP contribution < -0.4 is 10.1 Å². The van der Waals surface area contributed by atoms with Crippen molar-refractivity contribution >= 4 is 5.69 Å². The summed E-state index contributed by atoms with van der Waals surface area (Å²) in [7, 11) is 3.68. The SMILES string of the molecule is CCc1nn(C)cc1CNc1ccc(C)c(OC)c1C. The van der Waals surface area contributed by atoms with Crippen LogP contribution in [-0.2, 0) is 20.0 Å². The van der Waals surface area contributed by atoms with E-state index < -0.39 is 0 Å². The molecule has 1 aromatic carbocycles. The van der Waals surface area contributed by atoms with Crippen LogP contribution in [-0.4, -0.2) is 16.9 Å². The van der Waals surface area contributed by atoms with Crippen LogP contribution in [0, 0.1) is 13.8 Å². The monoisotopic (exact) mass is 273 g/mol. The summed E-state index contributed by atoms with van der Waals surface area (Å²) in [6, 6.07) is 4.19. The molecule has 1 N–H and O–H groups in total. The Hall–Kier alpha value is -1.97. The van der Waals surface area contributed by atoms with Crippen molar-refractivity contribution in [1.29, 1.82) is 0 Å². The number of anilines is 1. The van der Waals surface area contributed by atoms with Gasteiger partial charge < -0.3 is 10.1 Å². The molecule has 0 aliphatic rings. The summed E-state index contributed by atoms with van der Waals surface area (Å²) in [4.78, 5) is 0. The Morgan fingerprint density at radius 1 is 1.30 bits per heavy atom. The Morgan fingerprint density at radius 2 is 2.05 bits per heavy atom. The quantitative estimate of drug-likeness (QED) is 0.909. The summed E-state index contributed by atoms with van der Waals surface area (Å²) in [6.45, 7) is 7.06. The van der Waals surface area contributed by atoms with Crippen LogP contribution in [0.4, 0.5) is 5.69 Å². The Balaban J connectivity index is 2.19. The number of hydrogen-bond donors (Lipinski definition) is 1. The molecule has 4 nitrogen and oxygen atoms in total. The van der Waals surface area contributed by atoms with Crippen molar-refractivity contribution in [3.63, 3.8) is 0 Å². The van der Waals surface area contributed by atoms with Gasteiger partial charge in [-0.05, 0) is 31.9 Å². The standard InChI is InChI=1S/C16H23N3O/c1-6-14-13(10-19(4)18-14)9-17-15-8-7-11(2)16(20-5)12(15)3/h7-8,10,17H,6,9H2,1-5H3. The van der Waals surface area contributed by atoms with Gasteiger partial charge in [-0.25, -0.2) is 0 Å². The average molecular weight is 273 g/mol. The lowest BCUT2D eigenvalue weighted by Crippen LogP contribution is -2.04. The van der Waals surface area contributed by atoms with Gasteiger partial charge in [0, 0.05) is 36.6 Å². The fourth-order valence-corrected chi connectivity index (χ4v) is 2.55. The highest BCUT2D eigenvalue weighted by Gasteiger charge is 2.09. The molecule has 0 fully saturated rings. The van der Waals surface area contributed by atoms with Crippen LogP contribution in [0.1, 0.15) is 29.3 Å². The fourth-order valence-electron chi connectivity index (χ4n) is 2.55. The zero-order valence-electron chi connectivity index (χ0n) is 12.9. The number of methoxy groups -OCH3 is 1. The Morgan fingerprint density at radius 3 is 2.70 bits per heavy atom. The number of rotatable bonds is 5. The second-order valence-corrected chi connectivity index (χ2v) is 5.07. The number of nitrogens with one attached hydrogen (secondary N) is 1. The number of aromatic nitrogens is 2. The predicted molar refractivity (Wildman–Crippen MR) is 82.4 cm³/mol. The number of nitrogens with zero attached hydrogens (tertiary/aromatic N) is 2. The molecule has 0 aliphatic carbocycles. The molecule has 1 aromatic heterocycles. The zero-order chi connectivity index (χ0) is 14.7. The van der Waals surface area contributed by atoms with Gasteiger partial charge in [-0.1, -0.05) is 13.0 Å². The van der Waals surface area contributed by atoms with E-state index in [1.165, 1.54) is 5.56 Å². The average Bonchev–Trinajstić information content (AvgIpc) is 2.79. The van der Waals surface area contributed by atoms with E-state index in [9.17, 15) is 0 Å². The number of aryl methyl sites for hydroxylation is 3. The van der Waals surface area contributed by atoms with Crippen molar-refractivity contribution in [2.45, 2.75) is 33.7 Å². The van der Waals surface area contributed by atoms with Crippen molar-refractivity contribution in [1.82, 2.24) is 9.78 Å². The van der Waals surface area contributed by atoms with Crippen LogP contribution in [0.2, 0.25) is 0 Å². The van der Waals surface area contributed by atoms with Gasteiger partial charge in [0.2, 0.25) is 0 Å². The van der Waals surface area contributed by atoms with E-state index in [1.807, 2.05) is 11.7 Å². The van der Waals surface area contributed by atoms with Crippen molar-refractivity contribution in [3.05, 3.63) is 40.7 Å². The van der Waals surface area contributed by atoms with Gasteiger partial charge in [-0.2, -0.15) is 5.10 Å². The molecule has 0 spiro atoms. The molecular weight excluding hydrogens is 250 g/mol. The molecule has 1 heterocycles. The van der Waals surface area contributed by atoms with Crippen molar-refractivity contribution in [2.75, 3.05) is 12.4 Å². The largest absolute Gasteiger partial charge is 0.496 e. The van der Waals surface area contributed by atoms with E-state index in [4.69, 9.17) is 4.74 Å². The Bertz CT molecular complexity index is 602. The predicted octanol–water partition coefficient (Wildman–Crippen LogP) is 3.22. The Labute approximate surface area is 120 Å². The van der Waals surface area contributed by atoms with E-state index in [-0.39, 0.29) is 0 Å². The number of benzene rings is 1. The van der Waals surface area contributed by atoms with E-state index in [2.05, 4.69) is 49.5 Å². The van der Waals surface area contributed by atoms with E-state index in [0.717, 1.165) is 41.2 Å². The third kappa shape index (κ3) is 2.79. The minimum absolute atomic E-state index is 0.782. The van der Waals surface area contributed by atoms with Crippen LogP contribution in [0.5, 0.6) is 5.75 Å². The third-order valence-corrected chi connectivity index (χ3v) is 3.60. The molecule has 0 atom stereocenters. The van der Waals surface area contributed by atoms with Crippen molar-refractivity contribution in [2.24, 2.45) is 7.05 Å². The summed E-state index contributed by atoms with van der Waals surface area (Å²) in [5.41, 5.74) is 5.81. The zero-order valence-corrected chi connectivity index (χ0v) is 12.9. The summed E-state index contributed by atoms with van der Waals surface area (Å²) >= 11 is 0. The number of ether oxygens (including phenoxy) is 1. The normalized spacial score (nSPS) is 10.7. The highest BCUT2D eigenvalue weighted by atomic mass is 16.5. The molecule has 0 saturated heterocycles. The third-order valence-electron chi connectivity index (χ3n) is 3.60. The summed E-state index contributed by atoms with van der Waals surface area (Å²) in [6.07, 6.45) is 3.03. The van der Waals surface area contributed by atoms with E-state index in [1.54, 1.807) is 7.11 Å². The molecule has 20 heavy (non-hydrogen) atoms. The molecule has 0 saturated carbocycles. The van der Waals surface area contributed by atoms with Crippen LogP contribution in [0.25, 0.3) is 0 Å². The van der Waals surface area contributed by atoms with Gasteiger partial charge in [0.1, 0.15) is 5.75 Å². The molecule has 0 bridgehead atoms. The summed E-state index contributed by atoms with van der Waals surface area (Å²) in [5.74, 6) is 0.955. The maximum atomic E-state index is 5.46. The van der Waals surface area contributed by atoms with Gasteiger partial charge in [0.15, 0.2) is 0 Å². The Kier molecular flexibility index (Phi) is 4.32. The lowest BCUT2D eigenvalue weighted by atomic mass is 10.1. The molecule has 0 amide bonds. The summed E-state index contributed by atoms with van der Waals surface area (Å²) < 4.78 is 7.33. The van der Waals surface area contributed by atoms with Crippen LogP contribution in [0.3, 0.4) is 0 Å². The number of hydrogen-bond acceptors (Lipinski definition) is 3. The fraction of sp³-hybridized carbons (Fsp3) is 0.438. The smallest absolute Gasteiger partial charge is 0.126 e. The van der Waals surface area contributed by atoms with Gasteiger partial charge in [-0.3, -0.25) is 4.68 Å². The first-order valence-electron chi connectivity index (χ1n) is 6.96. The second kappa shape index (κ2) is 5.99. The summed E-state index contributed by atoms with van der Waals surface area (Å²) in [5, 5.41) is 7.95. The molecule has 0 radical (unpaired) electrons. The lowest BCUT2D eigenvalue weighted by Gasteiger charge is -2.14. The molecule has 0 aliphatic heterocycles. The molecule has 4 heteroatoms. The van der Waals surface area contributed by atoms with Gasteiger partial charge in [0.25, 0.3) is 0 Å². The first kappa shape index (κ1) is 14.4. The second-order valence-electron chi connectivity index (χ2n) is 5.07. The van der Waals surface area contributed by atoms with E-state index in [0.29, 0.717) is 0 Å². The van der Waals surface area contributed by atoms with Gasteiger partial charge in [-0.15, -0.1) is 0 Å². The first-order valence-corrected chi connectivity index (χ1v) is 6.96. The topological polar surface area (TPSA) is 39.1 Å². The van der Waals surface area contributed by atoms with Crippen LogP contribution >= 0.6 is 0 Å². The molecule has 108 valence electrons. The maximum Gasteiger partial charge on any atom is 0.126 e. The van der Waals surface area contributed by atoms with E-state index >= 15 is 0 Å². The highest BCUT2D eigenvalue weighted by Crippen LogP contribution is 2.29. The van der Waals surface area contributed by atoms with Crippen molar-refractivity contribution < 1.29 is 4.74 Å². The minimum atomic E-state index is 0.782. The molecule has 2 aromatic rings. The van der Waals surface area contributed by atoms with Crippen molar-refractivity contribution in [3.8, 4) is 5.75 Å². The highest BCUT2D eigenvalue weighted by molar-refractivity contribution is 5.59. The molecular formula is C16H23N3O. The maximum absolute atomic E-state index is 5.46. The molecule has 2 rings (SSSR count). The first-order chi connectivity index (χ1) is 9.56. The molecule has 0 unspecified atom stereocenters.